The van der Waals surface area contributed by atoms with Gasteiger partial charge in [0.1, 0.15) is 11.5 Å². The molecule has 0 heterocycles. The summed E-state index contributed by atoms with van der Waals surface area (Å²) in [6.07, 6.45) is 1.78. The Morgan fingerprint density at radius 1 is 1.33 bits per heavy atom. The molecule has 1 aromatic rings. The summed E-state index contributed by atoms with van der Waals surface area (Å²) in [6, 6.07) is 7.55. The van der Waals surface area contributed by atoms with Crippen molar-refractivity contribution in [3.05, 3.63) is 29.3 Å². The number of hydrogen-bond donors (Lipinski definition) is 0. The Bertz CT molecular complexity index is 416. The van der Waals surface area contributed by atoms with Gasteiger partial charge in [0, 0.05) is 17.2 Å². The number of ether oxygens (including phenoxy) is 2. The lowest BCUT2D eigenvalue weighted by atomic mass is 10.1. The minimum atomic E-state index is 0.637. The zero-order chi connectivity index (χ0) is 11.3. The first kappa shape index (κ1) is 11.1. The molecule has 3 heteroatoms. The third-order valence-electron chi connectivity index (χ3n) is 1.99. The van der Waals surface area contributed by atoms with Gasteiger partial charge in [0.05, 0.1) is 20.3 Å². The molecule has 0 aromatic heterocycles. The van der Waals surface area contributed by atoms with Crippen molar-refractivity contribution in [2.75, 3.05) is 14.2 Å². The molecule has 1 aromatic carbocycles. The van der Waals surface area contributed by atoms with Crippen molar-refractivity contribution in [1.82, 2.24) is 0 Å². The van der Waals surface area contributed by atoms with E-state index in [9.17, 15) is 0 Å². The standard InChI is InChI=1S/C12H13NO2/c1-9(8-13)6-10-4-5-11(14-2)7-12(10)15-3/h4-7H,1-3H3/b9-6-. The molecule has 0 fully saturated rings. The first-order valence-corrected chi connectivity index (χ1v) is 4.51. The number of nitriles is 1. The van der Waals surface area contributed by atoms with E-state index in [1.165, 1.54) is 0 Å². The molecule has 0 aliphatic rings. The van der Waals surface area contributed by atoms with Crippen molar-refractivity contribution in [3.63, 3.8) is 0 Å². The highest BCUT2D eigenvalue weighted by Gasteiger charge is 2.02. The van der Waals surface area contributed by atoms with Crippen LogP contribution in [0.15, 0.2) is 23.8 Å². The average molecular weight is 203 g/mol. The van der Waals surface area contributed by atoms with Gasteiger partial charge in [-0.2, -0.15) is 5.26 Å². The molecule has 0 saturated carbocycles. The van der Waals surface area contributed by atoms with Crippen LogP contribution in [0.2, 0.25) is 0 Å². The van der Waals surface area contributed by atoms with Crippen LogP contribution >= 0.6 is 0 Å². The number of benzene rings is 1. The van der Waals surface area contributed by atoms with Crippen LogP contribution in [0.25, 0.3) is 6.08 Å². The van der Waals surface area contributed by atoms with Crippen molar-refractivity contribution in [3.8, 4) is 17.6 Å². The van der Waals surface area contributed by atoms with E-state index in [4.69, 9.17) is 14.7 Å². The zero-order valence-electron chi connectivity index (χ0n) is 9.07. The molecule has 1 rings (SSSR count). The minimum Gasteiger partial charge on any atom is -0.497 e. The summed E-state index contributed by atoms with van der Waals surface area (Å²) in [7, 11) is 3.19. The monoisotopic (exact) mass is 203 g/mol. The van der Waals surface area contributed by atoms with Crippen molar-refractivity contribution in [2.45, 2.75) is 6.92 Å². The van der Waals surface area contributed by atoms with Crippen molar-refractivity contribution in [2.24, 2.45) is 0 Å². The Kier molecular flexibility index (Phi) is 3.75. The second-order valence-electron chi connectivity index (χ2n) is 3.05. The summed E-state index contributed by atoms with van der Waals surface area (Å²) in [5.74, 6) is 1.43. The van der Waals surface area contributed by atoms with Crippen LogP contribution in [-0.2, 0) is 0 Å². The first-order chi connectivity index (χ1) is 7.21. The van der Waals surface area contributed by atoms with Crippen LogP contribution in [0.3, 0.4) is 0 Å². The van der Waals surface area contributed by atoms with Crippen LogP contribution in [0.5, 0.6) is 11.5 Å². The second kappa shape index (κ2) is 5.06. The van der Waals surface area contributed by atoms with E-state index in [0.717, 1.165) is 11.3 Å². The molecule has 0 amide bonds. The molecule has 0 atom stereocenters. The van der Waals surface area contributed by atoms with Crippen LogP contribution in [0.1, 0.15) is 12.5 Å². The van der Waals surface area contributed by atoms with E-state index in [1.807, 2.05) is 12.1 Å². The fraction of sp³-hybridized carbons (Fsp3) is 0.250. The maximum Gasteiger partial charge on any atom is 0.129 e. The highest BCUT2D eigenvalue weighted by molar-refractivity contribution is 5.63. The highest BCUT2D eigenvalue weighted by atomic mass is 16.5. The predicted octanol–water partition coefficient (Wildman–Crippen LogP) is 2.63. The van der Waals surface area contributed by atoms with Crippen LogP contribution < -0.4 is 9.47 Å². The van der Waals surface area contributed by atoms with E-state index in [2.05, 4.69) is 6.07 Å². The van der Waals surface area contributed by atoms with Gasteiger partial charge in [-0.1, -0.05) is 0 Å². The van der Waals surface area contributed by atoms with E-state index in [-0.39, 0.29) is 0 Å². The van der Waals surface area contributed by atoms with Gasteiger partial charge < -0.3 is 9.47 Å². The molecule has 0 aliphatic carbocycles. The van der Waals surface area contributed by atoms with Gasteiger partial charge in [0.2, 0.25) is 0 Å². The molecule has 0 aliphatic heterocycles. The Labute approximate surface area is 89.6 Å². The maximum absolute atomic E-state index is 8.68. The van der Waals surface area contributed by atoms with Crippen molar-refractivity contribution in [1.29, 1.82) is 5.26 Å². The van der Waals surface area contributed by atoms with Crippen molar-refractivity contribution >= 4 is 6.08 Å². The summed E-state index contributed by atoms with van der Waals surface area (Å²) in [4.78, 5) is 0. The molecule has 0 radical (unpaired) electrons. The summed E-state index contributed by atoms with van der Waals surface area (Å²) >= 11 is 0. The normalized spacial score (nSPS) is 10.7. The number of methoxy groups -OCH3 is 2. The van der Waals surface area contributed by atoms with Gasteiger partial charge in [0.15, 0.2) is 0 Å². The minimum absolute atomic E-state index is 0.637. The maximum atomic E-state index is 8.68. The van der Waals surface area contributed by atoms with Gasteiger partial charge >= 0.3 is 0 Å². The Morgan fingerprint density at radius 3 is 2.60 bits per heavy atom. The molecule has 3 nitrogen and oxygen atoms in total. The largest absolute Gasteiger partial charge is 0.497 e. The first-order valence-electron chi connectivity index (χ1n) is 4.51. The molecule has 0 saturated heterocycles. The molecule has 78 valence electrons. The third-order valence-corrected chi connectivity index (χ3v) is 1.99. The summed E-state index contributed by atoms with van der Waals surface area (Å²) in [5.41, 5.74) is 1.51. The predicted molar refractivity (Wildman–Crippen MR) is 58.8 cm³/mol. The SMILES string of the molecule is COc1ccc(/C=C(/C)C#N)c(OC)c1. The lowest BCUT2D eigenvalue weighted by Gasteiger charge is -2.07. The Morgan fingerprint density at radius 2 is 2.07 bits per heavy atom. The van der Waals surface area contributed by atoms with E-state index in [0.29, 0.717) is 11.3 Å². The quantitative estimate of drug-likeness (QED) is 0.709. The lowest BCUT2D eigenvalue weighted by Crippen LogP contribution is -1.89. The van der Waals surface area contributed by atoms with E-state index in [1.54, 1.807) is 33.3 Å². The van der Waals surface area contributed by atoms with Gasteiger partial charge in [0.25, 0.3) is 0 Å². The number of hydrogen-bond acceptors (Lipinski definition) is 3. The number of rotatable bonds is 3. The summed E-state index contributed by atoms with van der Waals surface area (Å²) < 4.78 is 10.3. The van der Waals surface area contributed by atoms with Crippen LogP contribution in [-0.4, -0.2) is 14.2 Å². The average Bonchev–Trinajstić information content (AvgIpc) is 2.29. The lowest BCUT2D eigenvalue weighted by molar-refractivity contribution is 0.393. The fourth-order valence-corrected chi connectivity index (χ4v) is 1.20. The van der Waals surface area contributed by atoms with Crippen molar-refractivity contribution < 1.29 is 9.47 Å². The molecular formula is C12H13NO2. The van der Waals surface area contributed by atoms with E-state index >= 15 is 0 Å². The smallest absolute Gasteiger partial charge is 0.129 e. The van der Waals surface area contributed by atoms with Gasteiger partial charge in [-0.05, 0) is 25.1 Å². The Hall–Kier alpha value is -1.95. The molecule has 0 bridgehead atoms. The van der Waals surface area contributed by atoms with Gasteiger partial charge in [-0.15, -0.1) is 0 Å². The Balaban J connectivity index is 3.15. The number of allylic oxidation sites excluding steroid dienone is 1. The summed E-state index contributed by atoms with van der Waals surface area (Å²) in [6.45, 7) is 1.75. The summed E-state index contributed by atoms with van der Waals surface area (Å²) in [5, 5.41) is 8.68. The van der Waals surface area contributed by atoms with Gasteiger partial charge in [-0.3, -0.25) is 0 Å². The number of nitrogens with zero attached hydrogens (tertiary/aromatic N) is 1. The highest BCUT2D eigenvalue weighted by Crippen LogP contribution is 2.26. The van der Waals surface area contributed by atoms with Crippen LogP contribution in [0.4, 0.5) is 0 Å². The molecule has 0 spiro atoms. The molecular weight excluding hydrogens is 190 g/mol. The third kappa shape index (κ3) is 2.75. The van der Waals surface area contributed by atoms with Crippen LogP contribution in [0, 0.1) is 11.3 Å². The molecule has 15 heavy (non-hydrogen) atoms. The van der Waals surface area contributed by atoms with Gasteiger partial charge in [-0.25, -0.2) is 0 Å². The molecule has 0 unspecified atom stereocenters. The topological polar surface area (TPSA) is 42.2 Å². The fourth-order valence-electron chi connectivity index (χ4n) is 1.20. The van der Waals surface area contributed by atoms with E-state index < -0.39 is 0 Å². The zero-order valence-corrected chi connectivity index (χ0v) is 9.07. The second-order valence-corrected chi connectivity index (χ2v) is 3.05. The molecule has 0 N–H and O–H groups in total.